The van der Waals surface area contributed by atoms with Gasteiger partial charge in [0, 0.05) is 37.0 Å². The molecule has 1 saturated heterocycles. The Morgan fingerprint density at radius 3 is 2.66 bits per heavy atom. The van der Waals surface area contributed by atoms with Crippen molar-refractivity contribution in [3.63, 3.8) is 0 Å². The lowest BCUT2D eigenvalue weighted by atomic mass is 10.0. The molecule has 3 aromatic heterocycles. The number of hydrogen-bond acceptors (Lipinski definition) is 4. The summed E-state index contributed by atoms with van der Waals surface area (Å²) in [5, 5.41) is 4.21. The molecule has 1 aliphatic rings. The van der Waals surface area contributed by atoms with Gasteiger partial charge in [0.2, 0.25) is 0 Å². The molecule has 32 heavy (non-hydrogen) atoms. The lowest BCUT2D eigenvalue weighted by molar-refractivity contribution is 0.301. The van der Waals surface area contributed by atoms with E-state index in [9.17, 15) is 0 Å². The third-order valence-electron chi connectivity index (χ3n) is 5.70. The molecule has 5 rings (SSSR count). The Hall–Kier alpha value is -3.71. The number of hydrogen-bond donors (Lipinski definition) is 1. The maximum atomic E-state index is 5.81. The number of thiocarbonyl (C=S) groups is 1. The highest BCUT2D eigenvalue weighted by Crippen LogP contribution is 2.41. The van der Waals surface area contributed by atoms with Gasteiger partial charge in [-0.05, 0) is 60.2 Å². The predicted octanol–water partition coefficient (Wildman–Crippen LogP) is 4.45. The van der Waals surface area contributed by atoms with Gasteiger partial charge in [-0.1, -0.05) is 24.3 Å². The molecule has 0 bridgehead atoms. The molecule has 0 spiro atoms. The van der Waals surface area contributed by atoms with Crippen molar-refractivity contribution in [3.05, 3.63) is 108 Å². The minimum absolute atomic E-state index is 0.0717. The summed E-state index contributed by atoms with van der Waals surface area (Å²) in [6, 6.07) is 22.0. The highest BCUT2D eigenvalue weighted by molar-refractivity contribution is 7.80. The second-order valence-electron chi connectivity index (χ2n) is 7.59. The van der Waals surface area contributed by atoms with Gasteiger partial charge in [0.25, 0.3) is 0 Å². The number of para-hydroxylation sites is 2. The number of nitrogens with zero attached hydrogens (tertiary/aromatic N) is 4. The van der Waals surface area contributed by atoms with Crippen LogP contribution in [0.1, 0.15) is 29.0 Å². The standard InChI is InChI=1S/C25H23N5OS/c1-31-22-12-3-2-10-20(22)29-15-7-11-21(29)24-23(19-9-4-5-14-27-19)28-25(32)30(24)17-18-8-6-13-26-16-18/h2-16,23-24H,17H2,1H3,(H,28,32)/t23-,24+/m0/s1. The molecular formula is C25H23N5OS. The second-order valence-corrected chi connectivity index (χ2v) is 7.98. The normalized spacial score (nSPS) is 17.9. The van der Waals surface area contributed by atoms with Gasteiger partial charge in [0.05, 0.1) is 30.6 Å². The number of nitrogens with one attached hydrogen (secondary N) is 1. The van der Waals surface area contributed by atoms with Crippen molar-refractivity contribution in [3.8, 4) is 11.4 Å². The van der Waals surface area contributed by atoms with E-state index in [-0.39, 0.29) is 12.1 Å². The van der Waals surface area contributed by atoms with E-state index in [4.69, 9.17) is 17.0 Å². The van der Waals surface area contributed by atoms with Gasteiger partial charge in [-0.3, -0.25) is 9.97 Å². The smallest absolute Gasteiger partial charge is 0.170 e. The third kappa shape index (κ3) is 3.71. The zero-order chi connectivity index (χ0) is 21.9. The van der Waals surface area contributed by atoms with Crippen molar-refractivity contribution in [1.82, 2.24) is 24.8 Å². The number of ether oxygens (including phenoxy) is 1. The largest absolute Gasteiger partial charge is 0.495 e. The Bertz CT molecular complexity index is 1210. The van der Waals surface area contributed by atoms with Crippen molar-refractivity contribution in [1.29, 1.82) is 0 Å². The van der Waals surface area contributed by atoms with Gasteiger partial charge in [-0.2, -0.15) is 0 Å². The van der Waals surface area contributed by atoms with Gasteiger partial charge in [0.1, 0.15) is 5.75 Å². The number of rotatable bonds is 6. The van der Waals surface area contributed by atoms with Crippen molar-refractivity contribution in [2.24, 2.45) is 0 Å². The molecule has 0 radical (unpaired) electrons. The van der Waals surface area contributed by atoms with Crippen molar-refractivity contribution in [2.75, 3.05) is 7.11 Å². The Kier molecular flexibility index (Phi) is 5.56. The first-order valence-electron chi connectivity index (χ1n) is 10.4. The van der Waals surface area contributed by atoms with Crippen LogP contribution in [0.25, 0.3) is 5.69 Å². The number of benzene rings is 1. The summed E-state index contributed by atoms with van der Waals surface area (Å²) in [5.74, 6) is 0.812. The molecule has 1 N–H and O–H groups in total. The van der Waals surface area contributed by atoms with E-state index >= 15 is 0 Å². The van der Waals surface area contributed by atoms with E-state index < -0.39 is 0 Å². The molecule has 1 aromatic carbocycles. The van der Waals surface area contributed by atoms with Crippen LogP contribution in [0.4, 0.5) is 0 Å². The van der Waals surface area contributed by atoms with Crippen LogP contribution in [0.2, 0.25) is 0 Å². The maximum Gasteiger partial charge on any atom is 0.170 e. The lowest BCUT2D eigenvalue weighted by Gasteiger charge is -2.29. The van der Waals surface area contributed by atoms with Gasteiger partial charge in [0.15, 0.2) is 5.11 Å². The van der Waals surface area contributed by atoms with E-state index in [0.29, 0.717) is 11.7 Å². The quantitative estimate of drug-likeness (QED) is 0.446. The molecule has 1 fully saturated rings. The molecule has 1 aliphatic heterocycles. The van der Waals surface area contributed by atoms with Crippen molar-refractivity contribution >= 4 is 17.3 Å². The lowest BCUT2D eigenvalue weighted by Crippen LogP contribution is -2.30. The molecule has 0 aliphatic carbocycles. The Morgan fingerprint density at radius 2 is 1.88 bits per heavy atom. The summed E-state index contributed by atoms with van der Waals surface area (Å²) < 4.78 is 7.82. The summed E-state index contributed by atoms with van der Waals surface area (Å²) in [6.07, 6.45) is 7.55. The third-order valence-corrected chi connectivity index (χ3v) is 6.05. The van der Waals surface area contributed by atoms with Crippen LogP contribution in [0.3, 0.4) is 0 Å². The summed E-state index contributed by atoms with van der Waals surface area (Å²) >= 11 is 5.81. The molecule has 0 unspecified atom stereocenters. The fourth-order valence-corrected chi connectivity index (χ4v) is 4.57. The topological polar surface area (TPSA) is 55.2 Å². The molecule has 2 atom stereocenters. The molecule has 4 aromatic rings. The minimum atomic E-state index is -0.0938. The van der Waals surface area contributed by atoms with Gasteiger partial charge >= 0.3 is 0 Å². The molecular weight excluding hydrogens is 418 g/mol. The van der Waals surface area contributed by atoms with Crippen LogP contribution in [0, 0.1) is 0 Å². The molecule has 4 heterocycles. The first kappa shape index (κ1) is 20.2. The Labute approximate surface area is 192 Å². The van der Waals surface area contributed by atoms with Crippen LogP contribution < -0.4 is 10.1 Å². The Morgan fingerprint density at radius 1 is 1.00 bits per heavy atom. The summed E-state index contributed by atoms with van der Waals surface area (Å²) in [4.78, 5) is 11.1. The zero-order valence-corrected chi connectivity index (χ0v) is 18.4. The molecule has 0 amide bonds. The second kappa shape index (κ2) is 8.80. The SMILES string of the molecule is COc1ccccc1-n1cccc1[C@@H]1[C@H](c2ccccn2)NC(=S)N1Cc1cccnc1. The Balaban J connectivity index is 1.62. The van der Waals surface area contributed by atoms with Gasteiger partial charge < -0.3 is 19.5 Å². The first-order valence-corrected chi connectivity index (χ1v) is 10.8. The number of methoxy groups -OCH3 is 1. The van der Waals surface area contributed by atoms with E-state index in [1.165, 1.54) is 0 Å². The first-order chi connectivity index (χ1) is 15.8. The summed E-state index contributed by atoms with van der Waals surface area (Å²) in [7, 11) is 1.69. The van der Waals surface area contributed by atoms with E-state index in [1.54, 1.807) is 13.3 Å². The maximum absolute atomic E-state index is 5.81. The highest BCUT2D eigenvalue weighted by atomic mass is 32.1. The average molecular weight is 442 g/mol. The zero-order valence-electron chi connectivity index (χ0n) is 17.6. The number of aromatic nitrogens is 3. The van der Waals surface area contributed by atoms with Crippen molar-refractivity contribution < 1.29 is 4.74 Å². The van der Waals surface area contributed by atoms with Crippen LogP contribution in [-0.4, -0.2) is 31.7 Å². The molecule has 0 saturated carbocycles. The molecule has 6 nitrogen and oxygen atoms in total. The molecule has 7 heteroatoms. The van der Waals surface area contributed by atoms with E-state index in [1.807, 2.05) is 54.9 Å². The van der Waals surface area contributed by atoms with Gasteiger partial charge in [-0.15, -0.1) is 0 Å². The average Bonchev–Trinajstić information content (AvgIpc) is 3.45. The van der Waals surface area contributed by atoms with Crippen LogP contribution in [-0.2, 0) is 6.54 Å². The summed E-state index contributed by atoms with van der Waals surface area (Å²) in [5.41, 5.74) is 4.12. The fraction of sp³-hybridized carbons (Fsp3) is 0.160. The van der Waals surface area contributed by atoms with Crippen molar-refractivity contribution in [2.45, 2.75) is 18.6 Å². The van der Waals surface area contributed by atoms with E-state index in [0.717, 1.165) is 28.4 Å². The monoisotopic (exact) mass is 441 g/mol. The number of pyridine rings is 2. The fourth-order valence-electron chi connectivity index (χ4n) is 4.27. The van der Waals surface area contributed by atoms with E-state index in [2.05, 4.69) is 55.2 Å². The van der Waals surface area contributed by atoms with Gasteiger partial charge in [-0.25, -0.2) is 0 Å². The summed E-state index contributed by atoms with van der Waals surface area (Å²) in [6.45, 7) is 0.644. The minimum Gasteiger partial charge on any atom is -0.495 e. The molecule has 160 valence electrons. The van der Waals surface area contributed by atoms with Crippen LogP contribution in [0.5, 0.6) is 5.75 Å². The van der Waals surface area contributed by atoms with Crippen LogP contribution in [0.15, 0.2) is 91.5 Å². The highest BCUT2D eigenvalue weighted by Gasteiger charge is 2.41. The van der Waals surface area contributed by atoms with Crippen LogP contribution >= 0.6 is 12.2 Å². The predicted molar refractivity (Wildman–Crippen MR) is 128 cm³/mol.